The van der Waals surface area contributed by atoms with Crippen molar-refractivity contribution in [2.75, 3.05) is 13.1 Å². The first-order valence-electron chi connectivity index (χ1n) is 8.09. The first-order valence-corrected chi connectivity index (χ1v) is 8.09. The van der Waals surface area contributed by atoms with Gasteiger partial charge in [0.25, 0.3) is 0 Å². The molecule has 1 saturated carbocycles. The Bertz CT molecular complexity index is 348. The lowest BCUT2D eigenvalue weighted by molar-refractivity contribution is -0.148. The molecular weight excluding hydrogens is 254 g/mol. The molecule has 4 nitrogen and oxygen atoms in total. The van der Waals surface area contributed by atoms with E-state index in [0.717, 1.165) is 32.2 Å². The maximum absolute atomic E-state index is 12.7. The number of amides is 1. The maximum atomic E-state index is 12.7. The van der Waals surface area contributed by atoms with Gasteiger partial charge in [-0.25, -0.2) is 0 Å². The molecule has 4 heteroatoms. The Morgan fingerprint density at radius 2 is 1.55 bits per heavy atom. The minimum atomic E-state index is -0.757. The highest BCUT2D eigenvalue weighted by molar-refractivity contribution is 5.80. The standard InChI is InChI=1S/C16H27NO3/c1-12-9-14(16(19)20)11-17(10-12)15(18)13-7-5-3-2-4-6-8-13/h12-14H,2-11H2,1H3,(H,19,20). The van der Waals surface area contributed by atoms with Crippen molar-refractivity contribution in [3.63, 3.8) is 0 Å². The van der Waals surface area contributed by atoms with Gasteiger partial charge in [0.05, 0.1) is 5.92 Å². The minimum absolute atomic E-state index is 0.134. The van der Waals surface area contributed by atoms with Gasteiger partial charge in [-0.15, -0.1) is 0 Å². The van der Waals surface area contributed by atoms with Gasteiger partial charge < -0.3 is 10.0 Å². The Balaban J connectivity index is 1.97. The number of piperidine rings is 1. The number of aliphatic carboxylic acids is 1. The topological polar surface area (TPSA) is 57.6 Å². The van der Waals surface area contributed by atoms with Gasteiger partial charge in [-0.1, -0.05) is 39.0 Å². The molecule has 2 rings (SSSR count). The summed E-state index contributed by atoms with van der Waals surface area (Å²) in [7, 11) is 0. The van der Waals surface area contributed by atoms with E-state index in [4.69, 9.17) is 0 Å². The van der Waals surface area contributed by atoms with Gasteiger partial charge >= 0.3 is 5.97 Å². The van der Waals surface area contributed by atoms with Crippen LogP contribution in [-0.4, -0.2) is 35.0 Å². The second-order valence-corrected chi connectivity index (χ2v) is 6.66. The van der Waals surface area contributed by atoms with Gasteiger partial charge in [0.15, 0.2) is 0 Å². The number of likely N-dealkylation sites (tertiary alicyclic amines) is 1. The third-order valence-corrected chi connectivity index (χ3v) is 4.78. The maximum Gasteiger partial charge on any atom is 0.308 e. The summed E-state index contributed by atoms with van der Waals surface area (Å²) in [6, 6.07) is 0. The predicted octanol–water partition coefficient (Wildman–Crippen LogP) is 2.92. The summed E-state index contributed by atoms with van der Waals surface area (Å²) in [5, 5.41) is 9.21. The molecule has 114 valence electrons. The van der Waals surface area contributed by atoms with Crippen molar-refractivity contribution < 1.29 is 14.7 Å². The van der Waals surface area contributed by atoms with Crippen LogP contribution in [0.4, 0.5) is 0 Å². The number of carboxylic acids is 1. The summed E-state index contributed by atoms with van der Waals surface area (Å²) in [5.41, 5.74) is 0. The Labute approximate surface area is 121 Å². The van der Waals surface area contributed by atoms with Gasteiger partial charge in [-0.05, 0) is 25.2 Å². The molecule has 1 N–H and O–H groups in total. The first-order chi connectivity index (χ1) is 9.58. The number of hydrogen-bond acceptors (Lipinski definition) is 2. The van der Waals surface area contributed by atoms with E-state index in [2.05, 4.69) is 0 Å². The normalized spacial score (nSPS) is 29.6. The molecule has 0 bridgehead atoms. The monoisotopic (exact) mass is 281 g/mol. The summed E-state index contributed by atoms with van der Waals surface area (Å²) in [4.78, 5) is 25.7. The molecule has 0 radical (unpaired) electrons. The highest BCUT2D eigenvalue weighted by Crippen LogP contribution is 2.28. The van der Waals surface area contributed by atoms with Gasteiger partial charge in [0.2, 0.25) is 5.91 Å². The van der Waals surface area contributed by atoms with E-state index in [0.29, 0.717) is 18.9 Å². The van der Waals surface area contributed by atoms with Crippen LogP contribution in [0, 0.1) is 17.8 Å². The quantitative estimate of drug-likeness (QED) is 0.846. The average Bonchev–Trinajstić information content (AvgIpc) is 2.37. The van der Waals surface area contributed by atoms with Crippen LogP contribution in [0.5, 0.6) is 0 Å². The number of carbonyl (C=O) groups is 2. The van der Waals surface area contributed by atoms with Gasteiger partial charge in [-0.3, -0.25) is 9.59 Å². The lowest BCUT2D eigenvalue weighted by Crippen LogP contribution is -2.47. The molecule has 0 aromatic carbocycles. The second-order valence-electron chi connectivity index (χ2n) is 6.66. The van der Waals surface area contributed by atoms with Crippen LogP contribution in [0.2, 0.25) is 0 Å². The molecule has 2 fully saturated rings. The first kappa shape index (κ1) is 15.3. The molecule has 1 aliphatic heterocycles. The van der Waals surface area contributed by atoms with Crippen molar-refractivity contribution in [3.05, 3.63) is 0 Å². The van der Waals surface area contributed by atoms with E-state index in [-0.39, 0.29) is 17.7 Å². The Morgan fingerprint density at radius 3 is 2.15 bits per heavy atom. The largest absolute Gasteiger partial charge is 0.481 e. The lowest BCUT2D eigenvalue weighted by atomic mass is 9.86. The fourth-order valence-electron chi connectivity index (χ4n) is 3.67. The van der Waals surface area contributed by atoms with E-state index >= 15 is 0 Å². The fraction of sp³-hybridized carbons (Fsp3) is 0.875. The Morgan fingerprint density at radius 1 is 0.950 bits per heavy atom. The summed E-state index contributed by atoms with van der Waals surface area (Å²) in [6.45, 7) is 3.20. The van der Waals surface area contributed by atoms with E-state index in [1.807, 2.05) is 11.8 Å². The molecule has 1 aliphatic carbocycles. The van der Waals surface area contributed by atoms with Crippen molar-refractivity contribution >= 4 is 11.9 Å². The zero-order valence-corrected chi connectivity index (χ0v) is 12.5. The van der Waals surface area contributed by atoms with Crippen LogP contribution in [0.1, 0.15) is 58.3 Å². The lowest BCUT2D eigenvalue weighted by Gasteiger charge is -2.37. The van der Waals surface area contributed by atoms with Crippen molar-refractivity contribution in [1.82, 2.24) is 4.90 Å². The highest BCUT2D eigenvalue weighted by Gasteiger charge is 2.34. The number of rotatable bonds is 2. The van der Waals surface area contributed by atoms with Gasteiger partial charge in [0, 0.05) is 19.0 Å². The molecular formula is C16H27NO3. The number of carbonyl (C=O) groups excluding carboxylic acids is 1. The second kappa shape index (κ2) is 7.09. The van der Waals surface area contributed by atoms with E-state index in [9.17, 15) is 14.7 Å². The molecule has 2 aliphatic rings. The van der Waals surface area contributed by atoms with Crippen LogP contribution >= 0.6 is 0 Å². The van der Waals surface area contributed by atoms with E-state index in [1.54, 1.807) is 0 Å². The van der Waals surface area contributed by atoms with Crippen LogP contribution in [0.25, 0.3) is 0 Å². The van der Waals surface area contributed by atoms with Crippen LogP contribution < -0.4 is 0 Å². The number of nitrogens with zero attached hydrogens (tertiary/aromatic N) is 1. The molecule has 2 atom stereocenters. The van der Waals surface area contributed by atoms with Gasteiger partial charge in [0.1, 0.15) is 0 Å². The van der Waals surface area contributed by atoms with Crippen molar-refractivity contribution in [2.45, 2.75) is 58.3 Å². The third-order valence-electron chi connectivity index (χ3n) is 4.78. The molecule has 1 saturated heterocycles. The predicted molar refractivity (Wildman–Crippen MR) is 77.3 cm³/mol. The van der Waals surface area contributed by atoms with Crippen molar-refractivity contribution in [2.24, 2.45) is 17.8 Å². The molecule has 0 aromatic heterocycles. The van der Waals surface area contributed by atoms with Crippen LogP contribution in [-0.2, 0) is 9.59 Å². The van der Waals surface area contributed by atoms with E-state index in [1.165, 1.54) is 19.3 Å². The summed E-state index contributed by atoms with van der Waals surface area (Å²) in [6.07, 6.45) is 8.72. The molecule has 1 heterocycles. The molecule has 0 aromatic rings. The number of hydrogen-bond donors (Lipinski definition) is 1. The SMILES string of the molecule is CC1CC(C(=O)O)CN(C(=O)C2CCCCCCC2)C1. The van der Waals surface area contributed by atoms with Crippen LogP contribution in [0.3, 0.4) is 0 Å². The minimum Gasteiger partial charge on any atom is -0.481 e. The fourth-order valence-corrected chi connectivity index (χ4v) is 3.67. The molecule has 1 amide bonds. The summed E-state index contributed by atoms with van der Waals surface area (Å²) < 4.78 is 0. The third kappa shape index (κ3) is 3.97. The zero-order chi connectivity index (χ0) is 14.5. The highest BCUT2D eigenvalue weighted by atomic mass is 16.4. The molecule has 20 heavy (non-hydrogen) atoms. The number of carboxylic acid groups (broad SMARTS) is 1. The Kier molecular flexibility index (Phi) is 5.44. The molecule has 0 spiro atoms. The molecule has 2 unspecified atom stereocenters. The van der Waals surface area contributed by atoms with E-state index < -0.39 is 5.97 Å². The van der Waals surface area contributed by atoms with Crippen LogP contribution in [0.15, 0.2) is 0 Å². The summed E-state index contributed by atoms with van der Waals surface area (Å²) in [5.74, 6) is -0.495. The smallest absolute Gasteiger partial charge is 0.308 e. The summed E-state index contributed by atoms with van der Waals surface area (Å²) >= 11 is 0. The van der Waals surface area contributed by atoms with Crippen molar-refractivity contribution in [1.29, 1.82) is 0 Å². The van der Waals surface area contributed by atoms with Crippen molar-refractivity contribution in [3.8, 4) is 0 Å². The Hall–Kier alpha value is -1.06. The van der Waals surface area contributed by atoms with Gasteiger partial charge in [-0.2, -0.15) is 0 Å². The zero-order valence-electron chi connectivity index (χ0n) is 12.5. The average molecular weight is 281 g/mol.